The molecule has 18 nitrogen and oxygen atoms in total. The first-order valence-corrected chi connectivity index (χ1v) is 22.7. The predicted molar refractivity (Wildman–Crippen MR) is 243 cm³/mol. The Bertz CT molecular complexity index is 2790. The standard InChI is InChI=1S/C25H25F3N4O5.C23H21F3N4O5/c1-30-20-11-22(18(28)10-23(20)37-21(24(30)33)4-6-35-2)36-17-12-31(13-17)25(34)32-19(3-5-29-32)14-7-15(26)9-16(27)8-14;24-13-5-12(6-14(25)7-13)18-1-3-27-30(18)23(33)29-10-15(11-29)34-20-9-17-21(8-16(20)26)35-19(2-4-31)22(32)28-17/h5,7-11,17,19,21H,3-4,6,12-13H2,1-2H3;3,5-9,15,18-19,31H,1-2,4,10-11H2,(H,28,32)/t19-,21?;18-,19?/m00/s1. The number of amides is 6. The monoisotopic (exact) mass is 1010 g/mol. The molecule has 0 saturated carbocycles. The molecule has 0 radical (unpaired) electrons. The number of aliphatic hydroxyl groups excluding tert-OH is 1. The van der Waals surface area contributed by atoms with Gasteiger partial charge >= 0.3 is 12.1 Å². The van der Waals surface area contributed by atoms with E-state index < -0.39 is 89.4 Å². The number of likely N-dealkylation sites (tertiary alicyclic amines) is 2. The van der Waals surface area contributed by atoms with Crippen molar-refractivity contribution in [2.24, 2.45) is 10.2 Å². The van der Waals surface area contributed by atoms with E-state index in [-0.39, 0.29) is 73.8 Å². The maximum absolute atomic E-state index is 14.8. The lowest BCUT2D eigenvalue weighted by molar-refractivity contribution is -0.126. The first kappa shape index (κ1) is 49.4. The van der Waals surface area contributed by atoms with Crippen molar-refractivity contribution in [2.45, 2.75) is 62.2 Å². The van der Waals surface area contributed by atoms with Gasteiger partial charge in [-0.05, 0) is 35.4 Å². The van der Waals surface area contributed by atoms with Crippen molar-refractivity contribution < 1.29 is 74.3 Å². The van der Waals surface area contributed by atoms with E-state index in [9.17, 15) is 45.5 Å². The lowest BCUT2D eigenvalue weighted by Crippen LogP contribution is -2.59. The third-order valence-electron chi connectivity index (χ3n) is 12.5. The topological polar surface area (TPSA) is 188 Å². The number of hydrogen-bond acceptors (Lipinski definition) is 12. The maximum Gasteiger partial charge on any atom is 0.341 e. The third-order valence-corrected chi connectivity index (χ3v) is 12.5. The average Bonchev–Trinajstić information content (AvgIpc) is 4.01. The van der Waals surface area contributed by atoms with Crippen LogP contribution >= 0.6 is 0 Å². The Hall–Kier alpha value is -7.60. The van der Waals surface area contributed by atoms with E-state index in [0.29, 0.717) is 42.7 Å². The van der Waals surface area contributed by atoms with Crippen LogP contribution in [0.25, 0.3) is 0 Å². The predicted octanol–water partition coefficient (Wildman–Crippen LogP) is 6.28. The SMILES string of the molecule is COCCC1Oc2cc(F)c(OC3CN(C(=O)N4N=CC[C@H]4c4cc(F)cc(F)c4)C3)cc2N(C)C1=O.O=C1Nc2cc(OC3CN(C(=O)N4N=CC[C@H]4c4cc(F)cc(F)c4)C3)c(F)cc2OC1CCO. The summed E-state index contributed by atoms with van der Waals surface area (Å²) in [6.07, 6.45) is 1.39. The molecule has 6 amide bonds. The number of carbonyl (C=O) groups excluding carboxylic acids is 4. The number of urea groups is 2. The van der Waals surface area contributed by atoms with Gasteiger partial charge in [-0.15, -0.1) is 0 Å². The highest BCUT2D eigenvalue weighted by molar-refractivity contribution is 6.00. The molecule has 0 spiro atoms. The number of halogens is 6. The summed E-state index contributed by atoms with van der Waals surface area (Å²) >= 11 is 0. The quantitative estimate of drug-likeness (QED) is 0.162. The molecule has 10 rings (SSSR count). The molecule has 4 aromatic carbocycles. The molecule has 6 aliphatic heterocycles. The number of nitrogens with zero attached hydrogens (tertiary/aromatic N) is 7. The fourth-order valence-corrected chi connectivity index (χ4v) is 8.74. The van der Waals surface area contributed by atoms with Crippen molar-refractivity contribution in [2.75, 3.05) is 63.8 Å². The highest BCUT2D eigenvalue weighted by Gasteiger charge is 2.42. The Morgan fingerprint density at radius 2 is 1.17 bits per heavy atom. The fraction of sp³-hybridized carbons (Fsp3) is 0.375. The first-order valence-electron chi connectivity index (χ1n) is 22.7. The van der Waals surface area contributed by atoms with Crippen molar-refractivity contribution in [3.63, 3.8) is 0 Å². The molecule has 2 N–H and O–H groups in total. The smallest absolute Gasteiger partial charge is 0.341 e. The molecule has 2 fully saturated rings. The number of ether oxygens (including phenoxy) is 5. The van der Waals surface area contributed by atoms with E-state index in [1.165, 1.54) is 74.6 Å². The molecule has 6 heterocycles. The zero-order chi connectivity index (χ0) is 51.0. The number of fused-ring (bicyclic) bond motifs is 2. The lowest BCUT2D eigenvalue weighted by atomic mass is 10.0. The second-order valence-electron chi connectivity index (χ2n) is 17.5. The second kappa shape index (κ2) is 20.6. The minimum absolute atomic E-state index is 0.0678. The Morgan fingerprint density at radius 1 is 0.681 bits per heavy atom. The van der Waals surface area contributed by atoms with E-state index in [0.717, 1.165) is 30.3 Å². The highest BCUT2D eigenvalue weighted by Crippen LogP contribution is 2.41. The van der Waals surface area contributed by atoms with Crippen molar-refractivity contribution in [1.82, 2.24) is 19.8 Å². The number of carbonyl (C=O) groups is 4. The van der Waals surface area contributed by atoms with Gasteiger partial charge in [-0.25, -0.2) is 45.9 Å². The van der Waals surface area contributed by atoms with E-state index in [1.807, 2.05) is 0 Å². The molecule has 0 aromatic heterocycles. The lowest BCUT2D eigenvalue weighted by Gasteiger charge is -2.41. The van der Waals surface area contributed by atoms with Crippen LogP contribution in [0, 0.1) is 34.9 Å². The molecule has 0 aliphatic carbocycles. The summed E-state index contributed by atoms with van der Waals surface area (Å²) in [6, 6.07) is 9.01. The van der Waals surface area contributed by atoms with Crippen LogP contribution in [0.1, 0.15) is 48.9 Å². The van der Waals surface area contributed by atoms with Gasteiger partial charge in [0.25, 0.3) is 11.8 Å². The van der Waals surface area contributed by atoms with E-state index in [4.69, 9.17) is 28.8 Å². The summed E-state index contributed by atoms with van der Waals surface area (Å²) in [5.41, 5.74) is 1.21. The van der Waals surface area contributed by atoms with E-state index in [2.05, 4.69) is 15.5 Å². The van der Waals surface area contributed by atoms with E-state index in [1.54, 1.807) is 7.05 Å². The van der Waals surface area contributed by atoms with Crippen LogP contribution in [0.2, 0.25) is 0 Å². The van der Waals surface area contributed by atoms with Crippen molar-refractivity contribution in [3.05, 3.63) is 107 Å². The van der Waals surface area contributed by atoms with Gasteiger partial charge in [-0.2, -0.15) is 10.2 Å². The number of methoxy groups -OCH3 is 1. The molecule has 0 bridgehead atoms. The van der Waals surface area contributed by atoms with Crippen molar-refractivity contribution in [1.29, 1.82) is 0 Å². The zero-order valence-electron chi connectivity index (χ0n) is 38.5. The largest absolute Gasteiger partial charge is 0.484 e. The highest BCUT2D eigenvalue weighted by atomic mass is 19.2. The molecule has 2 unspecified atom stereocenters. The normalized spacial score (nSPS) is 21.2. The van der Waals surface area contributed by atoms with E-state index >= 15 is 0 Å². The average molecular weight is 1010 g/mol. The summed E-state index contributed by atoms with van der Waals surface area (Å²) in [4.78, 5) is 54.8. The number of rotatable bonds is 11. The van der Waals surface area contributed by atoms with Gasteiger partial charge in [-0.1, -0.05) is 0 Å². The molecule has 6 aliphatic rings. The first-order chi connectivity index (χ1) is 34.6. The minimum atomic E-state index is -0.911. The summed E-state index contributed by atoms with van der Waals surface area (Å²) in [5, 5.41) is 22.1. The van der Waals surface area contributed by atoms with Gasteiger partial charge in [0.15, 0.2) is 35.3 Å². The summed E-state index contributed by atoms with van der Waals surface area (Å²) in [6.45, 7) is 0.686. The summed E-state index contributed by atoms with van der Waals surface area (Å²) in [7, 11) is 3.10. The second-order valence-corrected chi connectivity index (χ2v) is 17.5. The van der Waals surface area contributed by atoms with Crippen LogP contribution in [0.15, 0.2) is 70.9 Å². The van der Waals surface area contributed by atoms with Crippen LogP contribution in [-0.4, -0.2) is 139 Å². The molecule has 24 heteroatoms. The van der Waals surface area contributed by atoms with Crippen LogP contribution in [0.5, 0.6) is 23.0 Å². The number of hydrazone groups is 2. The minimum Gasteiger partial charge on any atom is -0.484 e. The summed E-state index contributed by atoms with van der Waals surface area (Å²) < 4.78 is 112. The van der Waals surface area contributed by atoms with Crippen LogP contribution in [-0.2, 0) is 14.3 Å². The number of nitrogens with one attached hydrogen (secondary N) is 1. The van der Waals surface area contributed by atoms with Gasteiger partial charge in [-0.3, -0.25) is 9.59 Å². The van der Waals surface area contributed by atoms with Crippen LogP contribution in [0.3, 0.4) is 0 Å². The Morgan fingerprint density at radius 3 is 1.67 bits per heavy atom. The number of aliphatic hydroxyl groups is 1. The van der Waals surface area contributed by atoms with Crippen LogP contribution < -0.4 is 29.2 Å². The maximum atomic E-state index is 14.8. The van der Waals surface area contributed by atoms with Gasteiger partial charge in [0, 0.05) is 95.3 Å². The van der Waals surface area contributed by atoms with Gasteiger partial charge in [0.1, 0.15) is 47.0 Å². The van der Waals surface area contributed by atoms with Crippen LogP contribution in [0.4, 0.5) is 47.3 Å². The fourth-order valence-electron chi connectivity index (χ4n) is 8.74. The molecular weight excluding hydrogens is 963 g/mol. The van der Waals surface area contributed by atoms with Gasteiger partial charge < -0.3 is 48.8 Å². The summed E-state index contributed by atoms with van der Waals surface area (Å²) in [5.74, 6) is -4.87. The Labute approximate surface area is 406 Å². The molecule has 380 valence electrons. The number of anilines is 2. The number of likely N-dealkylation sites (N-methyl/N-ethyl adjacent to an activating group) is 1. The third kappa shape index (κ3) is 10.3. The number of hydrogen-bond donors (Lipinski definition) is 2. The Kier molecular flexibility index (Phi) is 14.1. The van der Waals surface area contributed by atoms with Gasteiger partial charge in [0.2, 0.25) is 0 Å². The van der Waals surface area contributed by atoms with Crippen molar-refractivity contribution >= 4 is 47.7 Å². The Balaban J connectivity index is 0.000000178. The number of benzene rings is 4. The molecule has 4 atom stereocenters. The molecule has 4 aromatic rings. The molecule has 72 heavy (non-hydrogen) atoms. The van der Waals surface area contributed by atoms with Crippen molar-refractivity contribution in [3.8, 4) is 23.0 Å². The molecular formula is C48H46F6N8O10. The van der Waals surface area contributed by atoms with Gasteiger partial charge in [0.05, 0.1) is 56.2 Å². The zero-order valence-corrected chi connectivity index (χ0v) is 38.5. The molecule has 2 saturated heterocycles.